The molecule has 3 rings (SSSR count). The Morgan fingerprint density at radius 3 is 3.00 bits per heavy atom. The van der Waals surface area contributed by atoms with Crippen LogP contribution in [0.4, 0.5) is 0 Å². The van der Waals surface area contributed by atoms with E-state index < -0.39 is 5.97 Å². The van der Waals surface area contributed by atoms with Gasteiger partial charge in [-0.3, -0.25) is 9.59 Å². The average molecular weight is 335 g/mol. The zero-order valence-electron chi connectivity index (χ0n) is 12.1. The Bertz CT molecular complexity index is 746. The number of carbonyl (C=O) groups excluding carboxylic acids is 1. The SMILES string of the molecule is O=C(O)Cn1cc(CNC(=O)C2CC2c2cccc(Cl)c2)nn1. The molecule has 7 nitrogen and oxygen atoms in total. The Balaban J connectivity index is 1.51. The summed E-state index contributed by atoms with van der Waals surface area (Å²) in [6.07, 6.45) is 2.31. The van der Waals surface area contributed by atoms with E-state index in [0.29, 0.717) is 10.7 Å². The first kappa shape index (κ1) is 15.5. The van der Waals surface area contributed by atoms with Gasteiger partial charge in [0, 0.05) is 10.9 Å². The van der Waals surface area contributed by atoms with Crippen LogP contribution >= 0.6 is 11.6 Å². The number of carboxylic acids is 1. The van der Waals surface area contributed by atoms with Gasteiger partial charge in [0.1, 0.15) is 12.2 Å². The first-order valence-electron chi connectivity index (χ1n) is 7.17. The number of hydrogen-bond donors (Lipinski definition) is 2. The molecule has 1 amide bonds. The standard InChI is InChI=1S/C15H15ClN4O3/c16-10-3-1-2-9(4-10)12-5-13(12)15(23)17-6-11-7-20(19-18-11)8-14(21)22/h1-4,7,12-13H,5-6,8H2,(H,17,23)(H,21,22). The predicted octanol–water partition coefficient (Wildman–Crippen LogP) is 1.44. The number of halogens is 1. The minimum absolute atomic E-state index is 0.0391. The summed E-state index contributed by atoms with van der Waals surface area (Å²) in [5, 5.41) is 19.7. The summed E-state index contributed by atoms with van der Waals surface area (Å²) in [6.45, 7) is -0.0162. The van der Waals surface area contributed by atoms with Crippen LogP contribution in [-0.4, -0.2) is 32.0 Å². The molecule has 0 spiro atoms. The quantitative estimate of drug-likeness (QED) is 0.833. The summed E-state index contributed by atoms with van der Waals surface area (Å²) < 4.78 is 1.22. The fraction of sp³-hybridized carbons (Fsp3) is 0.333. The molecule has 2 aromatic rings. The Hall–Kier alpha value is -2.41. The highest BCUT2D eigenvalue weighted by atomic mass is 35.5. The number of aromatic nitrogens is 3. The molecule has 1 fully saturated rings. The third-order valence-corrected chi connectivity index (χ3v) is 3.97. The maximum Gasteiger partial charge on any atom is 0.325 e. The first-order chi connectivity index (χ1) is 11.0. The molecule has 1 saturated carbocycles. The highest BCUT2D eigenvalue weighted by molar-refractivity contribution is 6.30. The molecule has 1 aromatic carbocycles. The van der Waals surface area contributed by atoms with E-state index in [-0.39, 0.29) is 30.8 Å². The van der Waals surface area contributed by atoms with Crippen molar-refractivity contribution in [3.8, 4) is 0 Å². The minimum Gasteiger partial charge on any atom is -0.480 e. The van der Waals surface area contributed by atoms with E-state index in [1.165, 1.54) is 10.9 Å². The third kappa shape index (κ3) is 3.87. The monoisotopic (exact) mass is 334 g/mol. The third-order valence-electron chi connectivity index (χ3n) is 3.73. The molecule has 2 atom stereocenters. The second kappa shape index (κ2) is 6.37. The number of benzene rings is 1. The van der Waals surface area contributed by atoms with Crippen LogP contribution in [0.3, 0.4) is 0 Å². The lowest BCUT2D eigenvalue weighted by Crippen LogP contribution is -2.25. The number of aliphatic carboxylic acids is 1. The van der Waals surface area contributed by atoms with Crippen molar-refractivity contribution in [2.24, 2.45) is 5.92 Å². The van der Waals surface area contributed by atoms with Crippen LogP contribution in [0.1, 0.15) is 23.6 Å². The fourth-order valence-electron chi connectivity index (χ4n) is 2.53. The van der Waals surface area contributed by atoms with E-state index in [1.54, 1.807) is 0 Å². The molecule has 1 heterocycles. The maximum atomic E-state index is 12.1. The molecule has 0 radical (unpaired) electrons. The summed E-state index contributed by atoms with van der Waals surface area (Å²) in [5.41, 5.74) is 1.60. The van der Waals surface area contributed by atoms with Gasteiger partial charge in [-0.25, -0.2) is 4.68 Å². The molecular formula is C15H15ClN4O3. The topological polar surface area (TPSA) is 97.1 Å². The van der Waals surface area contributed by atoms with Gasteiger partial charge in [0.05, 0.1) is 12.7 Å². The predicted molar refractivity (Wildman–Crippen MR) is 81.8 cm³/mol. The van der Waals surface area contributed by atoms with Crippen LogP contribution in [-0.2, 0) is 22.7 Å². The lowest BCUT2D eigenvalue weighted by Gasteiger charge is -2.03. The molecule has 0 bridgehead atoms. The Kier molecular flexibility index (Phi) is 4.29. The molecule has 1 aromatic heterocycles. The van der Waals surface area contributed by atoms with E-state index >= 15 is 0 Å². The van der Waals surface area contributed by atoms with Crippen molar-refractivity contribution in [2.45, 2.75) is 25.4 Å². The second-order valence-electron chi connectivity index (χ2n) is 5.52. The van der Waals surface area contributed by atoms with E-state index in [0.717, 1.165) is 12.0 Å². The van der Waals surface area contributed by atoms with E-state index in [2.05, 4.69) is 15.6 Å². The average Bonchev–Trinajstić information content (AvgIpc) is 3.19. The van der Waals surface area contributed by atoms with E-state index in [1.807, 2.05) is 24.3 Å². The molecule has 2 N–H and O–H groups in total. The van der Waals surface area contributed by atoms with Gasteiger partial charge in [-0.05, 0) is 30.0 Å². The van der Waals surface area contributed by atoms with E-state index in [9.17, 15) is 9.59 Å². The van der Waals surface area contributed by atoms with Crippen molar-refractivity contribution in [1.29, 1.82) is 0 Å². The van der Waals surface area contributed by atoms with Crippen LogP contribution in [0, 0.1) is 5.92 Å². The van der Waals surface area contributed by atoms with Gasteiger partial charge in [0.2, 0.25) is 5.91 Å². The van der Waals surface area contributed by atoms with Gasteiger partial charge in [-0.2, -0.15) is 0 Å². The summed E-state index contributed by atoms with van der Waals surface area (Å²) in [6, 6.07) is 7.55. The maximum absolute atomic E-state index is 12.1. The number of rotatable bonds is 6. The van der Waals surface area contributed by atoms with Crippen molar-refractivity contribution < 1.29 is 14.7 Å². The van der Waals surface area contributed by atoms with Crippen molar-refractivity contribution >= 4 is 23.5 Å². The van der Waals surface area contributed by atoms with Gasteiger partial charge in [-0.1, -0.05) is 28.9 Å². The van der Waals surface area contributed by atoms with Crippen LogP contribution in [0.15, 0.2) is 30.5 Å². The fourth-order valence-corrected chi connectivity index (χ4v) is 2.73. The minimum atomic E-state index is -0.993. The second-order valence-corrected chi connectivity index (χ2v) is 5.96. The van der Waals surface area contributed by atoms with Gasteiger partial charge in [0.25, 0.3) is 0 Å². The normalized spacial score (nSPS) is 19.3. The van der Waals surface area contributed by atoms with Crippen molar-refractivity contribution in [2.75, 3.05) is 0 Å². The molecule has 2 unspecified atom stereocenters. The Morgan fingerprint density at radius 2 is 2.26 bits per heavy atom. The summed E-state index contributed by atoms with van der Waals surface area (Å²) in [7, 11) is 0. The number of carboxylic acid groups (broad SMARTS) is 1. The lowest BCUT2D eigenvalue weighted by atomic mass is 10.1. The summed E-state index contributed by atoms with van der Waals surface area (Å²) >= 11 is 5.96. The lowest BCUT2D eigenvalue weighted by molar-refractivity contribution is -0.138. The number of hydrogen-bond acceptors (Lipinski definition) is 4. The van der Waals surface area contributed by atoms with Gasteiger partial charge in [0.15, 0.2) is 0 Å². The Labute approximate surface area is 137 Å². The van der Waals surface area contributed by atoms with Gasteiger partial charge >= 0.3 is 5.97 Å². The number of nitrogens with zero attached hydrogens (tertiary/aromatic N) is 3. The molecule has 23 heavy (non-hydrogen) atoms. The van der Waals surface area contributed by atoms with Gasteiger partial charge < -0.3 is 10.4 Å². The number of amides is 1. The molecule has 0 saturated heterocycles. The highest BCUT2D eigenvalue weighted by Crippen LogP contribution is 2.47. The number of nitrogens with one attached hydrogen (secondary N) is 1. The molecule has 0 aliphatic heterocycles. The first-order valence-corrected chi connectivity index (χ1v) is 7.54. The molecule has 120 valence electrons. The van der Waals surface area contributed by atoms with E-state index in [4.69, 9.17) is 16.7 Å². The molecule has 1 aliphatic carbocycles. The highest BCUT2D eigenvalue weighted by Gasteiger charge is 2.43. The zero-order valence-corrected chi connectivity index (χ0v) is 12.9. The smallest absolute Gasteiger partial charge is 0.325 e. The summed E-state index contributed by atoms with van der Waals surface area (Å²) in [5.74, 6) is -0.880. The van der Waals surface area contributed by atoms with Crippen molar-refractivity contribution in [3.05, 3.63) is 46.7 Å². The van der Waals surface area contributed by atoms with Crippen LogP contribution in [0.2, 0.25) is 5.02 Å². The molecular weight excluding hydrogens is 320 g/mol. The Morgan fingerprint density at radius 1 is 1.43 bits per heavy atom. The van der Waals surface area contributed by atoms with Crippen LogP contribution in [0.25, 0.3) is 0 Å². The summed E-state index contributed by atoms with van der Waals surface area (Å²) in [4.78, 5) is 22.7. The van der Waals surface area contributed by atoms with Gasteiger partial charge in [-0.15, -0.1) is 5.10 Å². The zero-order chi connectivity index (χ0) is 16.4. The molecule has 8 heteroatoms. The van der Waals surface area contributed by atoms with Crippen LogP contribution < -0.4 is 5.32 Å². The van der Waals surface area contributed by atoms with Crippen LogP contribution in [0.5, 0.6) is 0 Å². The number of carbonyl (C=O) groups is 2. The largest absolute Gasteiger partial charge is 0.480 e. The molecule has 1 aliphatic rings. The van der Waals surface area contributed by atoms with Crippen molar-refractivity contribution in [1.82, 2.24) is 20.3 Å². The van der Waals surface area contributed by atoms with Crippen molar-refractivity contribution in [3.63, 3.8) is 0 Å².